The predicted molar refractivity (Wildman–Crippen MR) is 54.9 cm³/mol. The largest absolute Gasteiger partial charge is 0.243 e. The molecule has 1 aromatic rings. The molecule has 1 aliphatic rings. The van der Waals surface area contributed by atoms with Gasteiger partial charge in [-0.05, 0) is 12.8 Å². The molecular formula is C10H11N3S. The van der Waals surface area contributed by atoms with Crippen LogP contribution in [0.25, 0.3) is 0 Å². The SMILES string of the molecule is N#Cc1cncnc1SC1CCCC1. The fourth-order valence-electron chi connectivity index (χ4n) is 1.65. The number of thioether (sulfide) groups is 1. The molecule has 0 spiro atoms. The van der Waals surface area contributed by atoms with Crippen molar-refractivity contribution in [2.75, 3.05) is 0 Å². The van der Waals surface area contributed by atoms with Gasteiger partial charge in [-0.25, -0.2) is 9.97 Å². The van der Waals surface area contributed by atoms with Gasteiger partial charge in [-0.1, -0.05) is 12.8 Å². The topological polar surface area (TPSA) is 49.6 Å². The molecule has 0 saturated heterocycles. The van der Waals surface area contributed by atoms with Crippen molar-refractivity contribution in [2.45, 2.75) is 36.0 Å². The minimum atomic E-state index is 0.601. The summed E-state index contributed by atoms with van der Waals surface area (Å²) in [5, 5.41) is 10.3. The molecule has 0 radical (unpaired) electrons. The van der Waals surface area contributed by atoms with E-state index in [0.717, 1.165) is 5.03 Å². The Hall–Kier alpha value is -1.08. The second kappa shape index (κ2) is 4.43. The van der Waals surface area contributed by atoms with Gasteiger partial charge in [0.1, 0.15) is 23.0 Å². The highest BCUT2D eigenvalue weighted by Gasteiger charge is 2.18. The Bertz CT molecular complexity index is 353. The zero-order valence-corrected chi connectivity index (χ0v) is 8.63. The number of nitrogens with zero attached hydrogens (tertiary/aromatic N) is 3. The van der Waals surface area contributed by atoms with Gasteiger partial charge in [0.05, 0.1) is 0 Å². The van der Waals surface area contributed by atoms with Gasteiger partial charge in [-0.15, -0.1) is 11.8 Å². The van der Waals surface area contributed by atoms with Crippen molar-refractivity contribution in [2.24, 2.45) is 0 Å². The van der Waals surface area contributed by atoms with Crippen molar-refractivity contribution in [1.82, 2.24) is 9.97 Å². The zero-order valence-electron chi connectivity index (χ0n) is 7.81. The molecule has 0 N–H and O–H groups in total. The summed E-state index contributed by atoms with van der Waals surface area (Å²) in [7, 11) is 0. The molecule has 0 aliphatic heterocycles. The van der Waals surface area contributed by atoms with Gasteiger partial charge >= 0.3 is 0 Å². The maximum absolute atomic E-state index is 8.85. The summed E-state index contributed by atoms with van der Waals surface area (Å²) in [6.45, 7) is 0. The first-order chi connectivity index (χ1) is 6.90. The van der Waals surface area contributed by atoms with Crippen molar-refractivity contribution in [1.29, 1.82) is 5.26 Å². The van der Waals surface area contributed by atoms with Gasteiger partial charge in [0, 0.05) is 11.4 Å². The van der Waals surface area contributed by atoms with Crippen LogP contribution in [-0.4, -0.2) is 15.2 Å². The lowest BCUT2D eigenvalue weighted by atomic mass is 10.4. The number of aromatic nitrogens is 2. The van der Waals surface area contributed by atoms with Crippen LogP contribution in [0, 0.1) is 11.3 Å². The molecule has 3 nitrogen and oxygen atoms in total. The first-order valence-corrected chi connectivity index (χ1v) is 5.65. The van der Waals surface area contributed by atoms with Crippen molar-refractivity contribution in [3.05, 3.63) is 18.1 Å². The van der Waals surface area contributed by atoms with E-state index < -0.39 is 0 Å². The number of rotatable bonds is 2. The fourth-order valence-corrected chi connectivity index (χ4v) is 2.87. The van der Waals surface area contributed by atoms with Gasteiger partial charge < -0.3 is 0 Å². The molecule has 14 heavy (non-hydrogen) atoms. The summed E-state index contributed by atoms with van der Waals surface area (Å²) in [4.78, 5) is 7.99. The molecule has 0 bridgehead atoms. The highest BCUT2D eigenvalue weighted by molar-refractivity contribution is 7.99. The molecule has 0 atom stereocenters. The van der Waals surface area contributed by atoms with E-state index in [1.165, 1.54) is 32.0 Å². The maximum atomic E-state index is 8.85. The Morgan fingerprint density at radius 2 is 2.21 bits per heavy atom. The zero-order chi connectivity index (χ0) is 9.80. The number of hydrogen-bond donors (Lipinski definition) is 0. The summed E-state index contributed by atoms with van der Waals surface area (Å²) in [5.74, 6) is 0. The summed E-state index contributed by atoms with van der Waals surface area (Å²) >= 11 is 1.73. The molecule has 1 heterocycles. The van der Waals surface area contributed by atoms with E-state index in [4.69, 9.17) is 5.26 Å². The summed E-state index contributed by atoms with van der Waals surface area (Å²) in [6.07, 6.45) is 8.22. The van der Waals surface area contributed by atoms with Crippen molar-refractivity contribution < 1.29 is 0 Å². The van der Waals surface area contributed by atoms with Crippen molar-refractivity contribution in [3.8, 4) is 6.07 Å². The Morgan fingerprint density at radius 1 is 1.43 bits per heavy atom. The third-order valence-corrected chi connectivity index (χ3v) is 3.73. The normalized spacial score (nSPS) is 16.8. The van der Waals surface area contributed by atoms with Crippen LogP contribution < -0.4 is 0 Å². The summed E-state index contributed by atoms with van der Waals surface area (Å²) < 4.78 is 0. The lowest BCUT2D eigenvalue weighted by Gasteiger charge is -2.07. The average molecular weight is 205 g/mol. The van der Waals surface area contributed by atoms with E-state index in [1.807, 2.05) is 0 Å². The third kappa shape index (κ3) is 2.05. The second-order valence-corrected chi connectivity index (χ2v) is 4.67. The highest BCUT2D eigenvalue weighted by atomic mass is 32.2. The molecule has 1 fully saturated rings. The molecule has 72 valence electrons. The van der Waals surface area contributed by atoms with E-state index in [-0.39, 0.29) is 0 Å². The molecule has 1 aromatic heterocycles. The predicted octanol–water partition coefficient (Wildman–Crippen LogP) is 2.38. The van der Waals surface area contributed by atoms with Gasteiger partial charge in [-0.3, -0.25) is 0 Å². The van der Waals surface area contributed by atoms with Gasteiger partial charge in [-0.2, -0.15) is 5.26 Å². The first-order valence-electron chi connectivity index (χ1n) is 4.77. The number of nitriles is 1. The highest BCUT2D eigenvalue weighted by Crippen LogP contribution is 2.34. The summed E-state index contributed by atoms with van der Waals surface area (Å²) in [6, 6.07) is 2.12. The Labute approximate surface area is 87.6 Å². The van der Waals surface area contributed by atoms with Gasteiger partial charge in [0.2, 0.25) is 0 Å². The Kier molecular flexibility index (Phi) is 3.00. The van der Waals surface area contributed by atoms with Crippen LogP contribution in [0.4, 0.5) is 0 Å². The van der Waals surface area contributed by atoms with Crippen LogP contribution in [0.15, 0.2) is 17.6 Å². The minimum absolute atomic E-state index is 0.601. The maximum Gasteiger partial charge on any atom is 0.117 e. The molecular weight excluding hydrogens is 194 g/mol. The van der Waals surface area contributed by atoms with Gasteiger partial charge in [0.25, 0.3) is 0 Å². The smallest absolute Gasteiger partial charge is 0.117 e. The van der Waals surface area contributed by atoms with Crippen molar-refractivity contribution >= 4 is 11.8 Å². The third-order valence-electron chi connectivity index (χ3n) is 2.38. The van der Waals surface area contributed by atoms with Crippen LogP contribution >= 0.6 is 11.8 Å². The summed E-state index contributed by atoms with van der Waals surface area (Å²) in [5.41, 5.74) is 0.601. The van der Waals surface area contributed by atoms with Crippen LogP contribution in [0.3, 0.4) is 0 Å². The Balaban J connectivity index is 2.11. The lowest BCUT2D eigenvalue weighted by Crippen LogP contribution is -1.97. The molecule has 0 aromatic carbocycles. The van der Waals surface area contributed by atoms with Crippen molar-refractivity contribution in [3.63, 3.8) is 0 Å². The second-order valence-electron chi connectivity index (χ2n) is 3.38. The first kappa shape index (κ1) is 9.47. The minimum Gasteiger partial charge on any atom is -0.243 e. The van der Waals surface area contributed by atoms with Crippen LogP contribution in [0.5, 0.6) is 0 Å². The molecule has 1 aliphatic carbocycles. The Morgan fingerprint density at radius 3 is 2.93 bits per heavy atom. The van der Waals surface area contributed by atoms with Crippen LogP contribution in [0.1, 0.15) is 31.2 Å². The van der Waals surface area contributed by atoms with E-state index in [2.05, 4.69) is 16.0 Å². The van der Waals surface area contributed by atoms with E-state index in [1.54, 1.807) is 18.0 Å². The van der Waals surface area contributed by atoms with Crippen LogP contribution in [-0.2, 0) is 0 Å². The van der Waals surface area contributed by atoms with E-state index >= 15 is 0 Å². The lowest BCUT2D eigenvalue weighted by molar-refractivity contribution is 0.886. The average Bonchev–Trinajstić information content (AvgIpc) is 2.71. The molecule has 1 saturated carbocycles. The van der Waals surface area contributed by atoms with E-state index in [0.29, 0.717) is 10.8 Å². The molecule has 0 amide bonds. The van der Waals surface area contributed by atoms with Gasteiger partial charge in [0.15, 0.2) is 0 Å². The molecule has 2 rings (SSSR count). The molecule has 4 heteroatoms. The quantitative estimate of drug-likeness (QED) is 0.695. The fraction of sp³-hybridized carbons (Fsp3) is 0.500. The molecule has 0 unspecified atom stereocenters. The monoisotopic (exact) mass is 205 g/mol. The number of hydrogen-bond acceptors (Lipinski definition) is 4. The van der Waals surface area contributed by atoms with Crippen LogP contribution in [0.2, 0.25) is 0 Å². The standard InChI is InChI=1S/C10H11N3S/c11-5-8-6-12-7-13-10(8)14-9-3-1-2-4-9/h6-7,9H,1-4H2. The van der Waals surface area contributed by atoms with E-state index in [9.17, 15) is 0 Å².